The number of rotatable bonds is 5. The summed E-state index contributed by atoms with van der Waals surface area (Å²) < 4.78 is 15.6. The lowest BCUT2D eigenvalue weighted by atomic mass is 10.1. The van der Waals surface area contributed by atoms with Crippen LogP contribution < -0.4 is 10.1 Å². The van der Waals surface area contributed by atoms with Crippen LogP contribution in [0.3, 0.4) is 0 Å². The molecule has 0 bridgehead atoms. The van der Waals surface area contributed by atoms with Gasteiger partial charge in [0.25, 0.3) is 0 Å². The van der Waals surface area contributed by atoms with Crippen LogP contribution in [0.15, 0.2) is 18.2 Å². The van der Waals surface area contributed by atoms with Crippen LogP contribution in [0.2, 0.25) is 0 Å². The fourth-order valence-corrected chi connectivity index (χ4v) is 2.24. The van der Waals surface area contributed by atoms with Gasteiger partial charge in [-0.25, -0.2) is 4.79 Å². The Morgan fingerprint density at radius 1 is 1.40 bits per heavy atom. The fraction of sp³-hybridized carbons (Fsp3) is 0.533. The number of ether oxygens (including phenoxy) is 3. The number of carbonyl (C=O) groups is 1. The summed E-state index contributed by atoms with van der Waals surface area (Å²) in [7, 11) is 1.37. The third-order valence-corrected chi connectivity index (χ3v) is 3.28. The molecule has 20 heavy (non-hydrogen) atoms. The average molecular weight is 279 g/mol. The molecule has 0 unspecified atom stereocenters. The molecule has 0 saturated carbocycles. The second-order valence-corrected chi connectivity index (χ2v) is 4.67. The lowest BCUT2D eigenvalue weighted by molar-refractivity contribution is 0.0596. The van der Waals surface area contributed by atoms with Crippen LogP contribution in [-0.4, -0.2) is 38.9 Å². The Bertz CT molecular complexity index is 455. The lowest BCUT2D eigenvalue weighted by Gasteiger charge is -2.24. The van der Waals surface area contributed by atoms with Gasteiger partial charge in [0.1, 0.15) is 11.3 Å². The third kappa shape index (κ3) is 3.63. The largest absolute Gasteiger partial charge is 0.493 e. The molecular weight excluding hydrogens is 258 g/mol. The van der Waals surface area contributed by atoms with E-state index in [-0.39, 0.29) is 5.97 Å². The topological polar surface area (TPSA) is 56.8 Å². The van der Waals surface area contributed by atoms with Crippen molar-refractivity contribution in [2.24, 2.45) is 0 Å². The van der Waals surface area contributed by atoms with Crippen LogP contribution in [0, 0.1) is 0 Å². The molecule has 1 fully saturated rings. The quantitative estimate of drug-likeness (QED) is 0.839. The molecule has 0 spiro atoms. The first-order valence-corrected chi connectivity index (χ1v) is 6.94. The summed E-state index contributed by atoms with van der Waals surface area (Å²) in [6.07, 6.45) is 1.98. The van der Waals surface area contributed by atoms with Crippen molar-refractivity contribution in [3.05, 3.63) is 23.8 Å². The second kappa shape index (κ2) is 7.14. The zero-order chi connectivity index (χ0) is 14.4. The molecule has 0 aromatic heterocycles. The van der Waals surface area contributed by atoms with Gasteiger partial charge in [-0.3, -0.25) is 0 Å². The molecule has 110 valence electrons. The van der Waals surface area contributed by atoms with Gasteiger partial charge >= 0.3 is 5.97 Å². The summed E-state index contributed by atoms with van der Waals surface area (Å²) in [5.41, 5.74) is 1.40. The molecule has 5 heteroatoms. The van der Waals surface area contributed by atoms with E-state index in [0.29, 0.717) is 24.0 Å². The highest BCUT2D eigenvalue weighted by molar-refractivity contribution is 5.93. The maximum Gasteiger partial charge on any atom is 0.341 e. The van der Waals surface area contributed by atoms with E-state index in [2.05, 4.69) is 5.32 Å². The van der Waals surface area contributed by atoms with Crippen molar-refractivity contribution in [1.82, 2.24) is 0 Å². The first-order chi connectivity index (χ1) is 9.74. The normalized spacial score (nSPS) is 15.7. The third-order valence-electron chi connectivity index (χ3n) is 3.28. The summed E-state index contributed by atoms with van der Waals surface area (Å²) in [4.78, 5) is 11.7. The van der Waals surface area contributed by atoms with E-state index in [0.717, 1.165) is 31.7 Å². The Balaban J connectivity index is 2.13. The first-order valence-electron chi connectivity index (χ1n) is 6.94. The highest BCUT2D eigenvalue weighted by Crippen LogP contribution is 2.25. The molecule has 1 aliphatic heterocycles. The smallest absolute Gasteiger partial charge is 0.341 e. The van der Waals surface area contributed by atoms with Crippen molar-refractivity contribution < 1.29 is 19.0 Å². The van der Waals surface area contributed by atoms with E-state index in [9.17, 15) is 4.79 Å². The number of anilines is 1. The maximum absolute atomic E-state index is 11.7. The zero-order valence-corrected chi connectivity index (χ0v) is 12.0. The van der Waals surface area contributed by atoms with Crippen molar-refractivity contribution in [2.75, 3.05) is 32.2 Å². The highest BCUT2D eigenvalue weighted by Gasteiger charge is 2.16. The minimum atomic E-state index is -0.383. The van der Waals surface area contributed by atoms with Crippen LogP contribution in [0.25, 0.3) is 0 Å². The van der Waals surface area contributed by atoms with E-state index in [1.54, 1.807) is 6.07 Å². The molecule has 0 atom stereocenters. The standard InChI is InChI=1S/C15H21NO4/c1-3-20-14-10-12(4-5-13(14)15(17)18-2)16-11-6-8-19-9-7-11/h4-5,10-11,16H,3,6-9H2,1-2H3. The van der Waals surface area contributed by atoms with Crippen LogP contribution >= 0.6 is 0 Å². The Hall–Kier alpha value is -1.75. The number of carbonyl (C=O) groups excluding carboxylic acids is 1. The minimum Gasteiger partial charge on any atom is -0.493 e. The van der Waals surface area contributed by atoms with Crippen LogP contribution in [-0.2, 0) is 9.47 Å². The van der Waals surface area contributed by atoms with Gasteiger partial charge in [0.05, 0.1) is 13.7 Å². The van der Waals surface area contributed by atoms with E-state index in [1.807, 2.05) is 19.1 Å². The fourth-order valence-electron chi connectivity index (χ4n) is 2.24. The number of nitrogens with one attached hydrogen (secondary N) is 1. The maximum atomic E-state index is 11.7. The first kappa shape index (κ1) is 14.7. The molecular formula is C15H21NO4. The van der Waals surface area contributed by atoms with Crippen molar-refractivity contribution in [2.45, 2.75) is 25.8 Å². The molecule has 1 heterocycles. The van der Waals surface area contributed by atoms with Crippen molar-refractivity contribution in [3.63, 3.8) is 0 Å². The second-order valence-electron chi connectivity index (χ2n) is 4.67. The van der Waals surface area contributed by atoms with Gasteiger partial charge in [0.15, 0.2) is 0 Å². The van der Waals surface area contributed by atoms with Gasteiger partial charge in [-0.15, -0.1) is 0 Å². The van der Waals surface area contributed by atoms with Crippen molar-refractivity contribution in [1.29, 1.82) is 0 Å². The van der Waals surface area contributed by atoms with Gasteiger partial charge in [0, 0.05) is 31.0 Å². The number of hydrogen-bond acceptors (Lipinski definition) is 5. The Kier molecular flexibility index (Phi) is 5.24. The molecule has 0 aliphatic carbocycles. The summed E-state index contributed by atoms with van der Waals surface area (Å²) >= 11 is 0. The summed E-state index contributed by atoms with van der Waals surface area (Å²) in [5, 5.41) is 3.45. The molecule has 1 N–H and O–H groups in total. The summed E-state index contributed by atoms with van der Waals surface area (Å²) in [5.74, 6) is 0.169. The monoisotopic (exact) mass is 279 g/mol. The molecule has 2 rings (SSSR count). The van der Waals surface area contributed by atoms with E-state index < -0.39 is 0 Å². The van der Waals surface area contributed by atoms with Gasteiger partial charge in [-0.2, -0.15) is 0 Å². The molecule has 1 aromatic carbocycles. The van der Waals surface area contributed by atoms with E-state index in [1.165, 1.54) is 7.11 Å². The zero-order valence-electron chi connectivity index (χ0n) is 12.0. The molecule has 5 nitrogen and oxygen atoms in total. The minimum absolute atomic E-state index is 0.383. The van der Waals surface area contributed by atoms with Gasteiger partial charge in [0.2, 0.25) is 0 Å². The van der Waals surface area contributed by atoms with Crippen molar-refractivity contribution >= 4 is 11.7 Å². The van der Waals surface area contributed by atoms with Gasteiger partial charge in [-0.1, -0.05) is 0 Å². The molecule has 1 aliphatic rings. The van der Waals surface area contributed by atoms with E-state index >= 15 is 0 Å². The van der Waals surface area contributed by atoms with Crippen molar-refractivity contribution in [3.8, 4) is 5.75 Å². The molecule has 0 amide bonds. The van der Waals surface area contributed by atoms with Gasteiger partial charge < -0.3 is 19.5 Å². The van der Waals surface area contributed by atoms with Crippen LogP contribution in [0.4, 0.5) is 5.69 Å². The number of benzene rings is 1. The highest BCUT2D eigenvalue weighted by atomic mass is 16.5. The van der Waals surface area contributed by atoms with Gasteiger partial charge in [-0.05, 0) is 31.9 Å². The predicted octanol–water partition coefficient (Wildman–Crippen LogP) is 2.46. The summed E-state index contributed by atoms with van der Waals surface area (Å²) in [6.45, 7) is 3.97. The molecule has 1 aromatic rings. The molecule has 1 saturated heterocycles. The van der Waals surface area contributed by atoms with E-state index in [4.69, 9.17) is 14.2 Å². The number of esters is 1. The Morgan fingerprint density at radius 2 is 2.15 bits per heavy atom. The Morgan fingerprint density at radius 3 is 2.80 bits per heavy atom. The SMILES string of the molecule is CCOc1cc(NC2CCOCC2)ccc1C(=O)OC. The number of hydrogen-bond donors (Lipinski definition) is 1. The molecule has 0 radical (unpaired) electrons. The average Bonchev–Trinajstić information content (AvgIpc) is 2.48. The predicted molar refractivity (Wildman–Crippen MR) is 76.4 cm³/mol. The lowest BCUT2D eigenvalue weighted by Crippen LogP contribution is -2.27. The Labute approximate surface area is 119 Å². The number of methoxy groups -OCH3 is 1. The van der Waals surface area contributed by atoms with Crippen LogP contribution in [0.5, 0.6) is 5.75 Å². The summed E-state index contributed by atoms with van der Waals surface area (Å²) in [6, 6.07) is 5.87. The van der Waals surface area contributed by atoms with Crippen LogP contribution in [0.1, 0.15) is 30.1 Å².